The van der Waals surface area contributed by atoms with Crippen LogP contribution in [0.2, 0.25) is 5.02 Å². The van der Waals surface area contributed by atoms with E-state index in [1.165, 1.54) is 6.20 Å². The molecule has 19 heavy (non-hydrogen) atoms. The number of pyridine rings is 1. The van der Waals surface area contributed by atoms with Crippen LogP contribution in [0.3, 0.4) is 0 Å². The second-order valence-electron chi connectivity index (χ2n) is 4.59. The highest BCUT2D eigenvalue weighted by Crippen LogP contribution is 2.19. The maximum atomic E-state index is 11.6. The number of amides is 1. The molecule has 0 saturated heterocycles. The summed E-state index contributed by atoms with van der Waals surface area (Å²) in [5.74, 6) is 0.312. The average molecular weight is 282 g/mol. The molecule has 0 aliphatic heterocycles. The zero-order chi connectivity index (χ0) is 14.0. The molecule has 2 aromatic heterocycles. The highest BCUT2D eigenvalue weighted by atomic mass is 35.5. The Kier molecular flexibility index (Phi) is 3.90. The smallest absolute Gasteiger partial charge is 0.221 e. The molecule has 2 aromatic rings. The lowest BCUT2D eigenvalue weighted by atomic mass is 10.3. The van der Waals surface area contributed by atoms with E-state index < -0.39 is 0 Å². The van der Waals surface area contributed by atoms with Gasteiger partial charge in [-0.05, 0) is 19.9 Å². The van der Waals surface area contributed by atoms with Crippen molar-refractivity contribution < 1.29 is 4.79 Å². The molecule has 0 aromatic carbocycles. The van der Waals surface area contributed by atoms with Gasteiger partial charge in [0.15, 0.2) is 5.65 Å². The molecule has 1 amide bonds. The molecule has 0 bridgehead atoms. The second-order valence-corrected chi connectivity index (χ2v) is 5.03. The Morgan fingerprint density at radius 2 is 2.32 bits per heavy atom. The summed E-state index contributed by atoms with van der Waals surface area (Å²) in [6.07, 6.45) is 1.87. The Hall–Kier alpha value is -1.82. The monoisotopic (exact) mass is 281 g/mol. The van der Waals surface area contributed by atoms with Crippen LogP contribution in [0.25, 0.3) is 11.2 Å². The minimum atomic E-state index is -0.0230. The number of anilines is 1. The van der Waals surface area contributed by atoms with E-state index in [0.717, 1.165) is 0 Å². The fraction of sp³-hybridized carbons (Fsp3) is 0.417. The van der Waals surface area contributed by atoms with E-state index in [-0.39, 0.29) is 11.9 Å². The van der Waals surface area contributed by atoms with Crippen LogP contribution < -0.4 is 11.1 Å². The SMILES string of the molecule is CC(C)NC(=O)CCn1c(N)nc2cc(Cl)cnc21. The summed E-state index contributed by atoms with van der Waals surface area (Å²) in [4.78, 5) is 20.0. The summed E-state index contributed by atoms with van der Waals surface area (Å²) in [5, 5.41) is 3.34. The fourth-order valence-corrected chi connectivity index (χ4v) is 1.98. The summed E-state index contributed by atoms with van der Waals surface area (Å²) < 4.78 is 1.71. The van der Waals surface area contributed by atoms with Gasteiger partial charge in [-0.2, -0.15) is 0 Å². The molecule has 0 atom stereocenters. The van der Waals surface area contributed by atoms with Crippen molar-refractivity contribution in [2.75, 3.05) is 5.73 Å². The van der Waals surface area contributed by atoms with Crippen molar-refractivity contribution in [1.82, 2.24) is 19.9 Å². The molecule has 2 rings (SSSR count). The summed E-state index contributed by atoms with van der Waals surface area (Å²) >= 11 is 5.85. The van der Waals surface area contributed by atoms with Gasteiger partial charge in [0, 0.05) is 25.2 Å². The topological polar surface area (TPSA) is 85.8 Å². The van der Waals surface area contributed by atoms with Crippen molar-refractivity contribution in [3.05, 3.63) is 17.3 Å². The van der Waals surface area contributed by atoms with E-state index >= 15 is 0 Å². The minimum absolute atomic E-state index is 0.0230. The van der Waals surface area contributed by atoms with Crippen LogP contribution in [-0.4, -0.2) is 26.5 Å². The number of imidazole rings is 1. The first kappa shape index (κ1) is 13.6. The third kappa shape index (κ3) is 3.14. The Balaban J connectivity index is 2.16. The lowest BCUT2D eigenvalue weighted by Crippen LogP contribution is -2.30. The average Bonchev–Trinajstić information content (AvgIpc) is 2.60. The first-order valence-corrected chi connectivity index (χ1v) is 6.42. The second kappa shape index (κ2) is 5.44. The summed E-state index contributed by atoms with van der Waals surface area (Å²) in [6.45, 7) is 4.28. The number of hydrogen-bond acceptors (Lipinski definition) is 4. The van der Waals surface area contributed by atoms with Crippen molar-refractivity contribution in [3.63, 3.8) is 0 Å². The molecule has 0 unspecified atom stereocenters. The molecular formula is C12H16ClN5O. The van der Waals surface area contributed by atoms with Gasteiger partial charge in [-0.15, -0.1) is 0 Å². The van der Waals surface area contributed by atoms with Gasteiger partial charge in [0.1, 0.15) is 5.52 Å². The van der Waals surface area contributed by atoms with Crippen LogP contribution in [0.5, 0.6) is 0 Å². The molecule has 0 saturated carbocycles. The molecule has 0 spiro atoms. The number of aryl methyl sites for hydroxylation is 1. The lowest BCUT2D eigenvalue weighted by molar-refractivity contribution is -0.121. The standard InChI is InChI=1S/C12H16ClN5O/c1-7(2)16-10(19)3-4-18-11-9(17-12(18)14)5-8(13)6-15-11/h5-7H,3-4H2,1-2H3,(H2,14,17)(H,16,19). The highest BCUT2D eigenvalue weighted by Gasteiger charge is 2.11. The van der Waals surface area contributed by atoms with Gasteiger partial charge in [0.25, 0.3) is 0 Å². The lowest BCUT2D eigenvalue weighted by Gasteiger charge is -2.09. The van der Waals surface area contributed by atoms with Gasteiger partial charge in [-0.25, -0.2) is 9.97 Å². The van der Waals surface area contributed by atoms with E-state index in [1.54, 1.807) is 10.6 Å². The number of halogens is 1. The number of nitrogens with zero attached hydrogens (tertiary/aromatic N) is 3. The molecule has 6 nitrogen and oxygen atoms in total. The van der Waals surface area contributed by atoms with Crippen molar-refractivity contribution in [3.8, 4) is 0 Å². The number of rotatable bonds is 4. The summed E-state index contributed by atoms with van der Waals surface area (Å²) in [5.41, 5.74) is 7.10. The maximum Gasteiger partial charge on any atom is 0.221 e. The van der Waals surface area contributed by atoms with Crippen molar-refractivity contribution in [2.24, 2.45) is 0 Å². The molecule has 0 aliphatic carbocycles. The van der Waals surface area contributed by atoms with Gasteiger partial charge in [0.2, 0.25) is 11.9 Å². The molecule has 0 aliphatic rings. The van der Waals surface area contributed by atoms with Crippen LogP contribution in [0.15, 0.2) is 12.3 Å². The molecule has 102 valence electrons. The fourth-order valence-electron chi connectivity index (χ4n) is 1.83. The van der Waals surface area contributed by atoms with Gasteiger partial charge >= 0.3 is 0 Å². The van der Waals surface area contributed by atoms with E-state index in [2.05, 4.69) is 15.3 Å². The number of carbonyl (C=O) groups is 1. The Bertz CT molecular complexity index is 607. The maximum absolute atomic E-state index is 11.6. The Morgan fingerprint density at radius 3 is 3.00 bits per heavy atom. The predicted octanol–water partition coefficient (Wildman–Crippen LogP) is 1.58. The molecule has 3 N–H and O–H groups in total. The zero-order valence-electron chi connectivity index (χ0n) is 10.9. The number of fused-ring (bicyclic) bond motifs is 1. The number of nitrogens with one attached hydrogen (secondary N) is 1. The van der Waals surface area contributed by atoms with Crippen LogP contribution in [0.4, 0.5) is 5.95 Å². The van der Waals surface area contributed by atoms with Crippen LogP contribution in [-0.2, 0) is 11.3 Å². The highest BCUT2D eigenvalue weighted by molar-refractivity contribution is 6.31. The van der Waals surface area contributed by atoms with Crippen molar-refractivity contribution in [2.45, 2.75) is 32.9 Å². The molecule has 7 heteroatoms. The Morgan fingerprint density at radius 1 is 1.58 bits per heavy atom. The molecule has 2 heterocycles. The Labute approximate surface area is 116 Å². The summed E-state index contributed by atoms with van der Waals surface area (Å²) in [6, 6.07) is 1.83. The third-order valence-electron chi connectivity index (χ3n) is 2.59. The van der Waals surface area contributed by atoms with E-state index in [4.69, 9.17) is 17.3 Å². The number of aromatic nitrogens is 3. The van der Waals surface area contributed by atoms with E-state index in [0.29, 0.717) is 35.1 Å². The molecular weight excluding hydrogens is 266 g/mol. The van der Waals surface area contributed by atoms with Crippen LogP contribution in [0, 0.1) is 0 Å². The molecule has 0 fully saturated rings. The normalized spacial score (nSPS) is 11.2. The van der Waals surface area contributed by atoms with Crippen molar-refractivity contribution >= 4 is 34.6 Å². The number of nitrogens with two attached hydrogens (primary N) is 1. The number of nitrogen functional groups attached to an aromatic ring is 1. The van der Waals surface area contributed by atoms with Gasteiger partial charge in [-0.1, -0.05) is 11.6 Å². The van der Waals surface area contributed by atoms with Crippen molar-refractivity contribution in [1.29, 1.82) is 0 Å². The minimum Gasteiger partial charge on any atom is -0.369 e. The van der Waals surface area contributed by atoms with Gasteiger partial charge in [-0.3, -0.25) is 9.36 Å². The number of carbonyl (C=O) groups excluding carboxylic acids is 1. The quantitative estimate of drug-likeness (QED) is 0.891. The largest absolute Gasteiger partial charge is 0.369 e. The third-order valence-corrected chi connectivity index (χ3v) is 2.80. The summed E-state index contributed by atoms with van der Waals surface area (Å²) in [7, 11) is 0. The number of hydrogen-bond donors (Lipinski definition) is 2. The van der Waals surface area contributed by atoms with E-state index in [1.807, 2.05) is 13.8 Å². The first-order chi connectivity index (χ1) is 8.97. The predicted molar refractivity (Wildman–Crippen MR) is 74.8 cm³/mol. The van der Waals surface area contributed by atoms with Crippen LogP contribution >= 0.6 is 11.6 Å². The van der Waals surface area contributed by atoms with Crippen LogP contribution in [0.1, 0.15) is 20.3 Å². The van der Waals surface area contributed by atoms with Gasteiger partial charge < -0.3 is 11.1 Å². The van der Waals surface area contributed by atoms with E-state index in [9.17, 15) is 4.79 Å². The first-order valence-electron chi connectivity index (χ1n) is 6.04. The zero-order valence-corrected chi connectivity index (χ0v) is 11.6. The molecule has 0 radical (unpaired) electrons. The van der Waals surface area contributed by atoms with Gasteiger partial charge in [0.05, 0.1) is 5.02 Å².